The lowest BCUT2D eigenvalue weighted by Gasteiger charge is -2.09. The fraction of sp³-hybridized carbons (Fsp3) is 0.750. The van der Waals surface area contributed by atoms with Crippen LogP contribution >= 0.6 is 0 Å². The first-order valence-corrected chi connectivity index (χ1v) is 6.03. The molecule has 0 unspecified atom stereocenters. The minimum atomic E-state index is 1.03. The summed E-state index contributed by atoms with van der Waals surface area (Å²) >= 11 is 0. The van der Waals surface area contributed by atoms with E-state index in [4.69, 9.17) is 0 Å². The molecular weight excluding hydrogens is 186 g/mol. The summed E-state index contributed by atoms with van der Waals surface area (Å²) in [7, 11) is 0. The summed E-state index contributed by atoms with van der Waals surface area (Å²) in [5.74, 6) is 0. The van der Waals surface area contributed by atoms with E-state index in [0.29, 0.717) is 0 Å². The molecule has 0 saturated heterocycles. The quantitative estimate of drug-likeness (QED) is 0.720. The van der Waals surface area contributed by atoms with Gasteiger partial charge in [-0.05, 0) is 30.0 Å². The molecule has 0 aliphatic carbocycles. The van der Waals surface area contributed by atoms with Crippen LogP contribution in [0.4, 0.5) is 0 Å². The largest absolute Gasteiger partial charge is 0.135 e. The van der Waals surface area contributed by atoms with E-state index < -0.39 is 0 Å². The summed E-state index contributed by atoms with van der Waals surface area (Å²) < 4.78 is 0. The highest BCUT2D eigenvalue weighted by atomic mass is 15.3. The lowest BCUT2D eigenvalue weighted by atomic mass is 10.0. The Morgan fingerprint density at radius 2 is 1.20 bits per heavy atom. The van der Waals surface area contributed by atoms with Crippen LogP contribution in [-0.2, 0) is 19.3 Å². The second-order valence-electron chi connectivity index (χ2n) is 3.91. The van der Waals surface area contributed by atoms with Gasteiger partial charge in [-0.25, -0.2) is 0 Å². The minimum Gasteiger partial charge on any atom is -0.135 e. The predicted molar refractivity (Wildman–Crippen MR) is 61.8 cm³/mol. The number of aryl methyl sites for hydroxylation is 2. The Morgan fingerprint density at radius 1 is 0.733 bits per heavy atom. The third-order valence-electron chi connectivity index (χ3n) is 2.50. The van der Waals surface area contributed by atoms with Crippen molar-refractivity contribution in [2.45, 2.75) is 59.3 Å². The Kier molecular flexibility index (Phi) is 5.22. The Labute approximate surface area is 92.3 Å². The van der Waals surface area contributed by atoms with Crippen molar-refractivity contribution in [3.05, 3.63) is 17.0 Å². The highest BCUT2D eigenvalue weighted by Crippen LogP contribution is 2.15. The van der Waals surface area contributed by atoms with E-state index in [0.717, 1.165) is 49.9 Å². The average Bonchev–Trinajstić information content (AvgIpc) is 2.23. The molecule has 3 nitrogen and oxygen atoms in total. The first-order valence-electron chi connectivity index (χ1n) is 6.03. The van der Waals surface area contributed by atoms with Crippen molar-refractivity contribution in [2.24, 2.45) is 0 Å². The second kappa shape index (κ2) is 6.49. The van der Waals surface area contributed by atoms with Gasteiger partial charge < -0.3 is 0 Å². The molecule has 0 fully saturated rings. The van der Waals surface area contributed by atoms with Crippen LogP contribution in [0.5, 0.6) is 0 Å². The first kappa shape index (κ1) is 12.1. The molecular formula is C12H21N3. The molecule has 0 aromatic carbocycles. The molecule has 1 aromatic rings. The van der Waals surface area contributed by atoms with Crippen LogP contribution in [0.25, 0.3) is 0 Å². The van der Waals surface area contributed by atoms with Crippen LogP contribution in [0.2, 0.25) is 0 Å². The molecule has 15 heavy (non-hydrogen) atoms. The van der Waals surface area contributed by atoms with Gasteiger partial charge >= 0.3 is 0 Å². The third-order valence-corrected chi connectivity index (χ3v) is 2.50. The van der Waals surface area contributed by atoms with E-state index >= 15 is 0 Å². The third kappa shape index (κ3) is 3.26. The smallest absolute Gasteiger partial charge is 0.0699 e. The number of hydrogen-bond donors (Lipinski definition) is 0. The van der Waals surface area contributed by atoms with Crippen LogP contribution in [0.15, 0.2) is 0 Å². The molecule has 0 bridgehead atoms. The molecule has 0 atom stereocenters. The summed E-state index contributed by atoms with van der Waals surface area (Å²) in [4.78, 5) is 0. The predicted octanol–water partition coefficient (Wildman–Crippen LogP) is 2.73. The Hall–Kier alpha value is -0.990. The van der Waals surface area contributed by atoms with E-state index in [9.17, 15) is 0 Å². The Morgan fingerprint density at radius 3 is 1.60 bits per heavy atom. The number of hydrogen-bond acceptors (Lipinski definition) is 3. The molecule has 1 aromatic heterocycles. The van der Waals surface area contributed by atoms with Gasteiger partial charge in [-0.15, -0.1) is 10.2 Å². The molecule has 0 spiro atoms. The van der Waals surface area contributed by atoms with Crippen molar-refractivity contribution in [3.63, 3.8) is 0 Å². The highest BCUT2D eigenvalue weighted by molar-refractivity contribution is 5.24. The highest BCUT2D eigenvalue weighted by Gasteiger charge is 2.10. The zero-order valence-corrected chi connectivity index (χ0v) is 10.1. The molecule has 0 aliphatic heterocycles. The summed E-state index contributed by atoms with van der Waals surface area (Å²) in [6.07, 6.45) is 6.55. The summed E-state index contributed by atoms with van der Waals surface area (Å²) in [6, 6.07) is 0. The van der Waals surface area contributed by atoms with Gasteiger partial charge in [0.05, 0.1) is 11.4 Å². The van der Waals surface area contributed by atoms with Gasteiger partial charge in [0.1, 0.15) is 0 Å². The summed E-state index contributed by atoms with van der Waals surface area (Å²) in [5, 5.41) is 12.2. The van der Waals surface area contributed by atoms with Crippen molar-refractivity contribution < 1.29 is 0 Å². The number of nitrogens with zero attached hydrogens (tertiary/aromatic N) is 3. The van der Waals surface area contributed by atoms with E-state index in [2.05, 4.69) is 36.2 Å². The van der Waals surface area contributed by atoms with Crippen molar-refractivity contribution in [2.75, 3.05) is 0 Å². The molecule has 0 aliphatic rings. The maximum Gasteiger partial charge on any atom is 0.0699 e. The van der Waals surface area contributed by atoms with E-state index in [1.807, 2.05) is 0 Å². The Balaban J connectivity index is 2.97. The maximum atomic E-state index is 4.17. The molecule has 3 heteroatoms. The maximum absolute atomic E-state index is 4.17. The topological polar surface area (TPSA) is 38.7 Å². The van der Waals surface area contributed by atoms with Crippen LogP contribution in [0.3, 0.4) is 0 Å². The first-order chi connectivity index (χ1) is 7.33. The van der Waals surface area contributed by atoms with Crippen molar-refractivity contribution in [1.29, 1.82) is 0 Å². The zero-order valence-electron chi connectivity index (χ0n) is 10.1. The molecule has 84 valence electrons. The van der Waals surface area contributed by atoms with Crippen LogP contribution in [0.1, 0.15) is 57.0 Å². The van der Waals surface area contributed by atoms with Gasteiger partial charge in [0.2, 0.25) is 0 Å². The Bertz CT molecular complexity index is 273. The fourth-order valence-electron chi connectivity index (χ4n) is 1.83. The van der Waals surface area contributed by atoms with Gasteiger partial charge in [0, 0.05) is 0 Å². The van der Waals surface area contributed by atoms with Crippen molar-refractivity contribution >= 4 is 0 Å². The monoisotopic (exact) mass is 207 g/mol. The van der Waals surface area contributed by atoms with Gasteiger partial charge in [0.15, 0.2) is 0 Å². The second-order valence-corrected chi connectivity index (χ2v) is 3.91. The minimum absolute atomic E-state index is 1.03. The van der Waals surface area contributed by atoms with E-state index in [-0.39, 0.29) is 0 Å². The average molecular weight is 207 g/mol. The van der Waals surface area contributed by atoms with Gasteiger partial charge in [-0.2, -0.15) is 0 Å². The lowest BCUT2D eigenvalue weighted by Crippen LogP contribution is -2.08. The van der Waals surface area contributed by atoms with Crippen molar-refractivity contribution in [1.82, 2.24) is 15.4 Å². The number of rotatable bonds is 6. The molecule has 1 rings (SSSR count). The summed E-state index contributed by atoms with van der Waals surface area (Å²) in [6.45, 7) is 6.56. The van der Waals surface area contributed by atoms with Gasteiger partial charge in [-0.3, -0.25) is 0 Å². The molecule has 1 heterocycles. The SMILES string of the molecule is CCCc1nnnc(CCC)c1CCC. The normalized spacial score (nSPS) is 10.6. The zero-order chi connectivity index (χ0) is 11.1. The van der Waals surface area contributed by atoms with E-state index in [1.54, 1.807) is 0 Å². The fourth-order valence-corrected chi connectivity index (χ4v) is 1.83. The number of aromatic nitrogens is 3. The van der Waals surface area contributed by atoms with Crippen LogP contribution in [0, 0.1) is 0 Å². The lowest BCUT2D eigenvalue weighted by molar-refractivity contribution is 0.696. The van der Waals surface area contributed by atoms with Crippen molar-refractivity contribution in [3.8, 4) is 0 Å². The van der Waals surface area contributed by atoms with Crippen LogP contribution < -0.4 is 0 Å². The molecule has 0 N–H and O–H groups in total. The van der Waals surface area contributed by atoms with E-state index in [1.165, 1.54) is 5.56 Å². The van der Waals surface area contributed by atoms with Gasteiger partial charge in [-0.1, -0.05) is 40.0 Å². The molecule has 0 radical (unpaired) electrons. The molecule has 0 saturated carbocycles. The summed E-state index contributed by atoms with van der Waals surface area (Å²) in [5.41, 5.74) is 3.69. The molecule has 0 amide bonds. The van der Waals surface area contributed by atoms with Crippen LogP contribution in [-0.4, -0.2) is 15.4 Å². The standard InChI is InChI=1S/C12H21N3/c1-4-7-10-11(8-5-2)13-15-14-12(10)9-6-3/h4-9H2,1-3H3. The van der Waals surface area contributed by atoms with Gasteiger partial charge in [0.25, 0.3) is 0 Å².